The monoisotopic (exact) mass is 505 g/mol. The Morgan fingerprint density at radius 3 is 2.47 bits per heavy atom. The number of hydrogen-bond donors (Lipinski definition) is 1. The number of thioether (sulfide) groups is 1. The summed E-state index contributed by atoms with van der Waals surface area (Å²) in [5.74, 6) is -0.365. The number of methoxy groups -OCH3 is 1. The van der Waals surface area contributed by atoms with Crippen LogP contribution in [0.2, 0.25) is 0 Å². The number of aliphatic imine (C=N–C) groups is 1. The van der Waals surface area contributed by atoms with E-state index in [1.54, 1.807) is 42.4 Å². The van der Waals surface area contributed by atoms with E-state index in [-0.39, 0.29) is 24.2 Å². The van der Waals surface area contributed by atoms with Crippen LogP contribution in [0.4, 0.5) is 15.8 Å². The molecule has 4 rings (SSSR count). The van der Waals surface area contributed by atoms with Gasteiger partial charge in [-0.15, -0.1) is 0 Å². The van der Waals surface area contributed by atoms with E-state index < -0.39 is 0 Å². The van der Waals surface area contributed by atoms with Crippen LogP contribution in [0.1, 0.15) is 5.56 Å². The van der Waals surface area contributed by atoms with E-state index in [2.05, 4.69) is 10.3 Å². The van der Waals surface area contributed by atoms with Crippen molar-refractivity contribution in [1.82, 2.24) is 4.90 Å². The van der Waals surface area contributed by atoms with Crippen LogP contribution in [-0.2, 0) is 14.3 Å². The number of nitrogens with zero attached hydrogens (tertiary/aromatic N) is 2. The van der Waals surface area contributed by atoms with Crippen LogP contribution in [0.5, 0.6) is 5.75 Å². The van der Waals surface area contributed by atoms with Crippen LogP contribution >= 0.6 is 11.8 Å². The van der Waals surface area contributed by atoms with E-state index >= 15 is 0 Å². The van der Waals surface area contributed by atoms with Crippen LogP contribution in [0.3, 0.4) is 0 Å². The number of amides is 2. The van der Waals surface area contributed by atoms with Crippen molar-refractivity contribution in [2.45, 2.75) is 0 Å². The fourth-order valence-electron chi connectivity index (χ4n) is 3.27. The zero-order valence-electron chi connectivity index (χ0n) is 19.5. The van der Waals surface area contributed by atoms with Crippen molar-refractivity contribution in [1.29, 1.82) is 0 Å². The summed E-state index contributed by atoms with van der Waals surface area (Å²) in [6, 6.07) is 22.0. The summed E-state index contributed by atoms with van der Waals surface area (Å²) in [5, 5.41) is 3.24. The molecule has 9 heteroatoms. The van der Waals surface area contributed by atoms with Crippen molar-refractivity contribution in [2.24, 2.45) is 4.99 Å². The molecular weight excluding hydrogens is 481 g/mol. The normalized spacial score (nSPS) is 15.5. The molecule has 36 heavy (non-hydrogen) atoms. The van der Waals surface area contributed by atoms with Crippen LogP contribution in [0.25, 0.3) is 6.08 Å². The second-order valence-corrected chi connectivity index (χ2v) is 8.71. The zero-order valence-corrected chi connectivity index (χ0v) is 20.3. The van der Waals surface area contributed by atoms with Crippen LogP contribution in [-0.4, -0.2) is 48.8 Å². The quantitative estimate of drug-likeness (QED) is 0.410. The van der Waals surface area contributed by atoms with Gasteiger partial charge in [0.25, 0.3) is 11.8 Å². The van der Waals surface area contributed by atoms with Crippen molar-refractivity contribution < 1.29 is 23.5 Å². The number of para-hydroxylation sites is 1. The Kier molecular flexibility index (Phi) is 8.48. The Bertz CT molecular complexity index is 1260. The number of benzene rings is 3. The summed E-state index contributed by atoms with van der Waals surface area (Å²) >= 11 is 1.31. The number of nitrogens with one attached hydrogen (secondary N) is 1. The van der Waals surface area contributed by atoms with Gasteiger partial charge in [-0.1, -0.05) is 30.3 Å². The van der Waals surface area contributed by atoms with E-state index in [4.69, 9.17) is 9.47 Å². The third-order valence-electron chi connectivity index (χ3n) is 5.06. The lowest BCUT2D eigenvalue weighted by atomic mass is 10.2. The highest BCUT2D eigenvalue weighted by atomic mass is 32.2. The number of carbonyl (C=O) groups excluding carboxylic acids is 2. The summed E-state index contributed by atoms with van der Waals surface area (Å²) in [6.45, 7) is 0.603. The molecule has 0 atom stereocenters. The molecule has 1 heterocycles. The van der Waals surface area contributed by atoms with Gasteiger partial charge in [0.1, 0.15) is 11.6 Å². The summed E-state index contributed by atoms with van der Waals surface area (Å²) in [5.41, 5.74) is 2.06. The Morgan fingerprint density at radius 1 is 1.06 bits per heavy atom. The summed E-state index contributed by atoms with van der Waals surface area (Å²) in [6.07, 6.45) is 1.80. The van der Waals surface area contributed by atoms with Gasteiger partial charge in [-0.25, -0.2) is 9.38 Å². The first-order valence-corrected chi connectivity index (χ1v) is 12.0. The lowest BCUT2D eigenvalue weighted by Gasteiger charge is -2.14. The second-order valence-electron chi connectivity index (χ2n) is 7.70. The van der Waals surface area contributed by atoms with Crippen molar-refractivity contribution in [3.63, 3.8) is 0 Å². The van der Waals surface area contributed by atoms with Gasteiger partial charge in [-0.2, -0.15) is 0 Å². The summed E-state index contributed by atoms with van der Waals surface area (Å²) in [4.78, 5) is 31.9. The average Bonchev–Trinajstić information content (AvgIpc) is 3.17. The lowest BCUT2D eigenvalue weighted by molar-refractivity contribution is -0.122. The van der Waals surface area contributed by atoms with Crippen molar-refractivity contribution in [2.75, 3.05) is 32.2 Å². The molecule has 0 aliphatic carbocycles. The van der Waals surface area contributed by atoms with Gasteiger partial charge in [0.2, 0.25) is 0 Å². The maximum atomic E-state index is 13.0. The molecule has 1 fully saturated rings. The highest BCUT2D eigenvalue weighted by molar-refractivity contribution is 8.18. The van der Waals surface area contributed by atoms with Gasteiger partial charge >= 0.3 is 0 Å². The van der Waals surface area contributed by atoms with Gasteiger partial charge in [0.05, 0.1) is 23.7 Å². The molecule has 0 bridgehead atoms. The Hall–Kier alpha value is -3.95. The maximum Gasteiger partial charge on any atom is 0.266 e. The number of carbonyl (C=O) groups is 2. The first kappa shape index (κ1) is 25.2. The second kappa shape index (κ2) is 12.1. The first-order chi connectivity index (χ1) is 17.5. The lowest BCUT2D eigenvalue weighted by Crippen LogP contribution is -2.32. The van der Waals surface area contributed by atoms with E-state index in [1.165, 1.54) is 36.0 Å². The van der Waals surface area contributed by atoms with Gasteiger partial charge in [-0.05, 0) is 71.9 Å². The minimum absolute atomic E-state index is 0.135. The van der Waals surface area contributed by atoms with Crippen molar-refractivity contribution in [3.05, 3.63) is 95.1 Å². The summed E-state index contributed by atoms with van der Waals surface area (Å²) < 4.78 is 23.7. The van der Waals surface area contributed by atoms with Crippen LogP contribution in [0, 0.1) is 5.82 Å². The minimum Gasteiger partial charge on any atom is -0.484 e. The molecule has 7 nitrogen and oxygen atoms in total. The minimum atomic E-state index is -0.376. The smallest absolute Gasteiger partial charge is 0.266 e. The van der Waals surface area contributed by atoms with Gasteiger partial charge in [0.15, 0.2) is 11.8 Å². The fraction of sp³-hybridized carbons (Fsp3) is 0.148. The molecule has 3 aromatic carbocycles. The van der Waals surface area contributed by atoms with E-state index in [0.29, 0.717) is 34.7 Å². The number of rotatable bonds is 9. The molecule has 0 saturated carbocycles. The van der Waals surface area contributed by atoms with Crippen LogP contribution < -0.4 is 10.1 Å². The van der Waals surface area contributed by atoms with Crippen molar-refractivity contribution in [3.8, 4) is 5.75 Å². The predicted octanol–water partition coefficient (Wildman–Crippen LogP) is 5.09. The summed E-state index contributed by atoms with van der Waals surface area (Å²) in [7, 11) is 1.59. The number of hydrogen-bond acceptors (Lipinski definition) is 6. The van der Waals surface area contributed by atoms with Gasteiger partial charge in [-0.3, -0.25) is 14.5 Å². The maximum absolute atomic E-state index is 13.0. The molecule has 1 aliphatic heterocycles. The molecule has 2 amide bonds. The molecular formula is C27H24FN3O4S. The Labute approximate surface area is 212 Å². The number of anilines is 1. The third-order valence-corrected chi connectivity index (χ3v) is 6.07. The molecule has 184 valence electrons. The van der Waals surface area contributed by atoms with E-state index in [0.717, 1.165) is 11.3 Å². The average molecular weight is 506 g/mol. The van der Waals surface area contributed by atoms with Crippen molar-refractivity contribution >= 4 is 46.2 Å². The molecule has 0 spiro atoms. The highest BCUT2D eigenvalue weighted by Gasteiger charge is 2.33. The number of ether oxygens (including phenoxy) is 2. The Balaban J connectivity index is 1.40. The fourth-order valence-corrected chi connectivity index (χ4v) is 4.30. The zero-order chi connectivity index (χ0) is 25.3. The van der Waals surface area contributed by atoms with Crippen LogP contribution in [0.15, 0.2) is 88.8 Å². The standard InChI is InChI=1S/C27H24FN3O4S/c1-34-16-15-31-26(33)24(36-27(31)30-21-5-3-2-4-6-21)17-19-7-13-23(14-8-19)35-18-25(32)29-22-11-9-20(28)10-12-22/h2-14,17H,15-16,18H2,1H3,(H,29,32)/b24-17-,30-27?. The molecule has 0 aromatic heterocycles. The molecule has 3 aromatic rings. The molecule has 0 radical (unpaired) electrons. The molecule has 1 N–H and O–H groups in total. The molecule has 1 saturated heterocycles. The molecule has 0 unspecified atom stereocenters. The predicted molar refractivity (Wildman–Crippen MR) is 140 cm³/mol. The Morgan fingerprint density at radius 2 is 1.78 bits per heavy atom. The van der Waals surface area contributed by atoms with E-state index in [1.807, 2.05) is 30.3 Å². The number of amidine groups is 1. The topological polar surface area (TPSA) is 80.2 Å². The largest absolute Gasteiger partial charge is 0.484 e. The molecule has 1 aliphatic rings. The van der Waals surface area contributed by atoms with Gasteiger partial charge < -0.3 is 14.8 Å². The third kappa shape index (κ3) is 6.80. The SMILES string of the molecule is COCCN1C(=O)/C(=C/c2ccc(OCC(=O)Nc3ccc(F)cc3)cc2)SC1=Nc1ccccc1. The number of halogens is 1. The highest BCUT2D eigenvalue weighted by Crippen LogP contribution is 2.34. The first-order valence-electron chi connectivity index (χ1n) is 11.1. The van der Waals surface area contributed by atoms with Gasteiger partial charge in [0, 0.05) is 12.8 Å². The van der Waals surface area contributed by atoms with E-state index in [9.17, 15) is 14.0 Å².